The quantitative estimate of drug-likeness (QED) is 0.492. The van der Waals surface area contributed by atoms with Gasteiger partial charge in [0.25, 0.3) is 17.2 Å². The molecule has 1 fully saturated rings. The van der Waals surface area contributed by atoms with Crippen molar-refractivity contribution >= 4 is 11.6 Å². The fraction of sp³-hybridized carbons (Fsp3) is 0.273. The number of piperidine rings is 1. The van der Waals surface area contributed by atoms with Crippen molar-refractivity contribution in [3.63, 3.8) is 0 Å². The molecule has 0 aliphatic carbocycles. The van der Waals surface area contributed by atoms with Crippen molar-refractivity contribution in [2.45, 2.75) is 18.9 Å². The van der Waals surface area contributed by atoms with E-state index in [0.29, 0.717) is 31.0 Å². The van der Waals surface area contributed by atoms with Gasteiger partial charge in [0.1, 0.15) is 5.76 Å². The molecule has 4 heterocycles. The van der Waals surface area contributed by atoms with Crippen LogP contribution in [0.3, 0.4) is 0 Å². The average molecular weight is 405 g/mol. The zero-order valence-corrected chi connectivity index (χ0v) is 16.1. The number of hydrogen-bond donors (Lipinski definition) is 0. The summed E-state index contributed by atoms with van der Waals surface area (Å²) in [4.78, 5) is 37.6. The fourth-order valence-electron chi connectivity index (χ4n) is 4.60. The molecule has 2 atom stereocenters. The molecule has 152 valence electrons. The minimum Gasteiger partial charge on any atom is -0.451 e. The highest BCUT2D eigenvalue weighted by molar-refractivity contribution is 5.92. The number of likely N-dealkylation sites (tertiary alicyclic amines) is 1. The van der Waals surface area contributed by atoms with E-state index < -0.39 is 4.92 Å². The first-order valence-corrected chi connectivity index (χ1v) is 9.83. The standard InChI is InChI=1S/C22H19N3O5/c26-21-6-2-5-18-16-9-14(12-24(18)21)11-23(13-16)22(27)20-8-7-19(30-20)15-3-1-4-17(10-15)25(28)29/h1-8,10,14,16H,9,11-13H2/t14-,16-/m0/s1. The molecule has 0 unspecified atom stereocenters. The minimum atomic E-state index is -0.464. The second kappa shape index (κ2) is 6.98. The number of nitro benzene ring substituents is 1. The Labute approximate surface area is 171 Å². The number of aromatic nitrogens is 1. The number of rotatable bonds is 3. The van der Waals surface area contributed by atoms with Crippen LogP contribution in [0.4, 0.5) is 5.69 Å². The van der Waals surface area contributed by atoms with E-state index in [1.54, 1.807) is 41.3 Å². The lowest BCUT2D eigenvalue weighted by atomic mass is 9.83. The number of nitro groups is 1. The molecule has 0 radical (unpaired) electrons. The second-order valence-electron chi connectivity index (χ2n) is 7.88. The maximum atomic E-state index is 13.1. The van der Waals surface area contributed by atoms with Gasteiger partial charge in [-0.2, -0.15) is 0 Å². The van der Waals surface area contributed by atoms with Gasteiger partial charge in [-0.25, -0.2) is 0 Å². The molecule has 0 saturated carbocycles. The van der Waals surface area contributed by atoms with E-state index in [2.05, 4.69) is 0 Å². The first-order chi connectivity index (χ1) is 14.5. The first-order valence-electron chi connectivity index (χ1n) is 9.83. The molecule has 2 aromatic heterocycles. The van der Waals surface area contributed by atoms with Crippen molar-refractivity contribution in [1.29, 1.82) is 0 Å². The Hall–Kier alpha value is -3.68. The predicted molar refractivity (Wildman–Crippen MR) is 108 cm³/mol. The van der Waals surface area contributed by atoms with Crippen molar-refractivity contribution in [3.05, 3.63) is 86.5 Å². The summed E-state index contributed by atoms with van der Waals surface area (Å²) in [6.45, 7) is 1.72. The Morgan fingerprint density at radius 1 is 1.07 bits per heavy atom. The lowest BCUT2D eigenvalue weighted by molar-refractivity contribution is -0.384. The molecule has 1 saturated heterocycles. The third-order valence-corrected chi connectivity index (χ3v) is 5.93. The van der Waals surface area contributed by atoms with E-state index in [4.69, 9.17) is 4.42 Å². The smallest absolute Gasteiger partial charge is 0.289 e. The van der Waals surface area contributed by atoms with Crippen LogP contribution in [-0.4, -0.2) is 33.4 Å². The van der Waals surface area contributed by atoms with Gasteiger partial charge in [-0.15, -0.1) is 0 Å². The number of nitrogens with zero attached hydrogens (tertiary/aromatic N) is 3. The number of benzene rings is 1. The number of hydrogen-bond acceptors (Lipinski definition) is 5. The molecule has 1 aromatic carbocycles. The maximum absolute atomic E-state index is 13.1. The van der Waals surface area contributed by atoms with Gasteiger partial charge in [0.15, 0.2) is 5.76 Å². The molecular weight excluding hydrogens is 386 g/mol. The lowest BCUT2D eigenvalue weighted by Gasteiger charge is -2.42. The molecular formula is C22H19N3O5. The van der Waals surface area contributed by atoms with Crippen molar-refractivity contribution < 1.29 is 14.1 Å². The summed E-state index contributed by atoms with van der Waals surface area (Å²) in [7, 11) is 0. The Morgan fingerprint density at radius 3 is 2.73 bits per heavy atom. The highest BCUT2D eigenvalue weighted by Gasteiger charge is 2.37. The number of amides is 1. The summed E-state index contributed by atoms with van der Waals surface area (Å²) < 4.78 is 7.59. The van der Waals surface area contributed by atoms with E-state index in [0.717, 1.165) is 12.1 Å². The van der Waals surface area contributed by atoms with E-state index >= 15 is 0 Å². The third kappa shape index (κ3) is 3.10. The second-order valence-corrected chi connectivity index (χ2v) is 7.88. The largest absolute Gasteiger partial charge is 0.451 e. The summed E-state index contributed by atoms with van der Waals surface area (Å²) in [5.41, 5.74) is 1.50. The van der Waals surface area contributed by atoms with Crippen molar-refractivity contribution in [3.8, 4) is 11.3 Å². The molecule has 8 nitrogen and oxygen atoms in total. The van der Waals surface area contributed by atoms with Gasteiger partial charge in [-0.05, 0) is 30.5 Å². The molecule has 3 aromatic rings. The third-order valence-electron chi connectivity index (χ3n) is 5.93. The molecule has 2 aliphatic heterocycles. The summed E-state index contributed by atoms with van der Waals surface area (Å²) in [6.07, 6.45) is 0.963. The summed E-state index contributed by atoms with van der Waals surface area (Å²) >= 11 is 0. The number of fused-ring (bicyclic) bond motifs is 4. The Bertz CT molecular complexity index is 1210. The van der Waals surface area contributed by atoms with Crippen LogP contribution < -0.4 is 5.56 Å². The van der Waals surface area contributed by atoms with Crippen molar-refractivity contribution in [2.24, 2.45) is 5.92 Å². The molecule has 0 spiro atoms. The number of pyridine rings is 1. The van der Waals surface area contributed by atoms with E-state index in [-0.39, 0.29) is 34.7 Å². The van der Waals surface area contributed by atoms with Gasteiger partial charge in [-0.1, -0.05) is 18.2 Å². The Kier molecular flexibility index (Phi) is 4.27. The fourth-order valence-corrected chi connectivity index (χ4v) is 4.60. The molecule has 8 heteroatoms. The molecule has 5 rings (SSSR count). The normalized spacial score (nSPS) is 19.9. The lowest BCUT2D eigenvalue weighted by Crippen LogP contribution is -2.49. The monoisotopic (exact) mass is 405 g/mol. The van der Waals surface area contributed by atoms with Crippen LogP contribution in [0.25, 0.3) is 11.3 Å². The summed E-state index contributed by atoms with van der Waals surface area (Å²) in [5.74, 6) is 0.777. The van der Waals surface area contributed by atoms with Crippen LogP contribution in [0.15, 0.2) is 63.8 Å². The van der Waals surface area contributed by atoms with Crippen LogP contribution in [0.2, 0.25) is 0 Å². The zero-order chi connectivity index (χ0) is 20.8. The number of carbonyl (C=O) groups is 1. The van der Waals surface area contributed by atoms with Gasteiger partial charge in [-0.3, -0.25) is 19.7 Å². The van der Waals surface area contributed by atoms with Crippen molar-refractivity contribution in [1.82, 2.24) is 9.47 Å². The van der Waals surface area contributed by atoms with Crippen LogP contribution in [0.5, 0.6) is 0 Å². The number of furan rings is 1. The van der Waals surface area contributed by atoms with Gasteiger partial charge in [0, 0.05) is 55.0 Å². The maximum Gasteiger partial charge on any atom is 0.289 e. The highest BCUT2D eigenvalue weighted by atomic mass is 16.6. The average Bonchev–Trinajstić information content (AvgIpc) is 3.24. The van der Waals surface area contributed by atoms with Crippen LogP contribution in [0.1, 0.15) is 28.6 Å². The van der Waals surface area contributed by atoms with E-state index in [9.17, 15) is 19.7 Å². The number of carbonyl (C=O) groups excluding carboxylic acids is 1. The predicted octanol–water partition coefficient (Wildman–Crippen LogP) is 3.28. The molecule has 0 N–H and O–H groups in total. The first kappa shape index (κ1) is 18.4. The molecule has 2 bridgehead atoms. The summed E-state index contributed by atoms with van der Waals surface area (Å²) in [6, 6.07) is 14.7. The van der Waals surface area contributed by atoms with Gasteiger partial charge in [0.05, 0.1) is 4.92 Å². The van der Waals surface area contributed by atoms with Gasteiger partial charge < -0.3 is 13.9 Å². The van der Waals surface area contributed by atoms with E-state index in [1.807, 2.05) is 10.6 Å². The topological polar surface area (TPSA) is 98.6 Å². The van der Waals surface area contributed by atoms with Gasteiger partial charge in [0.2, 0.25) is 0 Å². The molecule has 2 aliphatic rings. The van der Waals surface area contributed by atoms with Crippen LogP contribution in [0, 0.1) is 16.0 Å². The SMILES string of the molecule is O=C(c1ccc(-c2cccc([N+](=O)[O-])c2)o1)N1C[C@@H]2C[C@@H](C1)c1cccc(=O)n1C2. The van der Waals surface area contributed by atoms with Crippen LogP contribution in [-0.2, 0) is 6.54 Å². The Morgan fingerprint density at radius 2 is 1.90 bits per heavy atom. The highest BCUT2D eigenvalue weighted by Crippen LogP contribution is 2.36. The molecule has 30 heavy (non-hydrogen) atoms. The van der Waals surface area contributed by atoms with Crippen molar-refractivity contribution in [2.75, 3.05) is 13.1 Å². The van der Waals surface area contributed by atoms with Gasteiger partial charge >= 0.3 is 0 Å². The summed E-state index contributed by atoms with van der Waals surface area (Å²) in [5, 5.41) is 11.0. The number of non-ortho nitro benzene ring substituents is 1. The Balaban J connectivity index is 1.38. The van der Waals surface area contributed by atoms with Crippen LogP contribution >= 0.6 is 0 Å². The zero-order valence-electron chi connectivity index (χ0n) is 16.1. The minimum absolute atomic E-state index is 0.00890. The molecule has 1 amide bonds. The van der Waals surface area contributed by atoms with E-state index in [1.165, 1.54) is 12.1 Å².